The third-order valence-corrected chi connectivity index (χ3v) is 2.05. The first kappa shape index (κ1) is 7.66. The topological polar surface area (TPSA) is 26.0 Å². The molecule has 0 fully saturated rings. The maximum absolute atomic E-state index is 4.98. The Balaban J connectivity index is 2.87. The van der Waals surface area contributed by atoms with E-state index in [0.29, 0.717) is 0 Å². The van der Waals surface area contributed by atoms with Crippen LogP contribution in [0.4, 0.5) is 0 Å². The Kier molecular flexibility index (Phi) is 2.38. The molecule has 0 aromatic carbocycles. The van der Waals surface area contributed by atoms with E-state index < -0.39 is 0 Å². The molecule has 0 spiro atoms. The lowest BCUT2D eigenvalue weighted by molar-refractivity contribution is 0.392. The van der Waals surface area contributed by atoms with E-state index in [9.17, 15) is 0 Å². The van der Waals surface area contributed by atoms with Gasteiger partial charge in [-0.1, -0.05) is 5.16 Å². The third kappa shape index (κ3) is 1.34. The minimum Gasteiger partial charge on any atom is -0.361 e. The number of thioether (sulfide) groups is 1. The molecule has 3 heteroatoms. The Labute approximate surface area is 65.0 Å². The zero-order chi connectivity index (χ0) is 7.56. The van der Waals surface area contributed by atoms with E-state index in [2.05, 4.69) is 11.4 Å². The van der Waals surface area contributed by atoms with E-state index in [4.69, 9.17) is 4.52 Å². The standard InChI is InChI=1S/C7H11NOS/c1-5-7(4-10-3)6(2)9-8-5/h4H2,1-3H3. The Morgan fingerprint density at radius 1 is 1.50 bits per heavy atom. The summed E-state index contributed by atoms with van der Waals surface area (Å²) >= 11 is 1.79. The fraction of sp³-hybridized carbons (Fsp3) is 0.571. The lowest BCUT2D eigenvalue weighted by Crippen LogP contribution is -1.82. The summed E-state index contributed by atoms with van der Waals surface area (Å²) in [6.45, 7) is 3.92. The second-order valence-corrected chi connectivity index (χ2v) is 3.10. The maximum Gasteiger partial charge on any atom is 0.137 e. The minimum absolute atomic E-state index is 0.951. The number of nitrogens with zero attached hydrogens (tertiary/aromatic N) is 1. The molecule has 56 valence electrons. The number of aromatic nitrogens is 1. The second-order valence-electron chi connectivity index (χ2n) is 2.24. The highest BCUT2D eigenvalue weighted by atomic mass is 32.2. The predicted molar refractivity (Wildman–Crippen MR) is 43.2 cm³/mol. The van der Waals surface area contributed by atoms with Crippen molar-refractivity contribution in [3.63, 3.8) is 0 Å². The Morgan fingerprint density at radius 3 is 2.60 bits per heavy atom. The van der Waals surface area contributed by atoms with Crippen molar-refractivity contribution in [1.82, 2.24) is 5.16 Å². The molecule has 0 aliphatic rings. The average molecular weight is 157 g/mol. The minimum atomic E-state index is 0.951. The molecule has 1 aromatic heterocycles. The Morgan fingerprint density at radius 2 is 2.20 bits per heavy atom. The summed E-state index contributed by atoms with van der Waals surface area (Å²) in [5.41, 5.74) is 2.26. The van der Waals surface area contributed by atoms with E-state index in [1.54, 1.807) is 11.8 Å². The number of hydrogen-bond donors (Lipinski definition) is 0. The van der Waals surface area contributed by atoms with Gasteiger partial charge in [0.05, 0.1) is 5.69 Å². The van der Waals surface area contributed by atoms with Gasteiger partial charge < -0.3 is 4.52 Å². The van der Waals surface area contributed by atoms with Crippen molar-refractivity contribution in [1.29, 1.82) is 0 Å². The largest absolute Gasteiger partial charge is 0.361 e. The molecular weight excluding hydrogens is 146 g/mol. The summed E-state index contributed by atoms with van der Waals surface area (Å²) in [5.74, 6) is 1.95. The van der Waals surface area contributed by atoms with E-state index in [-0.39, 0.29) is 0 Å². The van der Waals surface area contributed by atoms with Crippen molar-refractivity contribution < 1.29 is 4.52 Å². The van der Waals surface area contributed by atoms with Gasteiger partial charge in [0.15, 0.2) is 0 Å². The maximum atomic E-state index is 4.98. The molecule has 0 N–H and O–H groups in total. The normalized spacial score (nSPS) is 10.3. The van der Waals surface area contributed by atoms with Crippen molar-refractivity contribution in [2.24, 2.45) is 0 Å². The van der Waals surface area contributed by atoms with Crippen molar-refractivity contribution in [2.75, 3.05) is 6.26 Å². The van der Waals surface area contributed by atoms with Crippen molar-refractivity contribution in [3.8, 4) is 0 Å². The molecule has 0 saturated heterocycles. The van der Waals surface area contributed by atoms with E-state index in [1.807, 2.05) is 13.8 Å². The molecular formula is C7H11NOS. The highest BCUT2D eigenvalue weighted by Gasteiger charge is 2.06. The van der Waals surface area contributed by atoms with Crippen molar-refractivity contribution in [3.05, 3.63) is 17.0 Å². The first-order valence-corrected chi connectivity index (χ1v) is 4.55. The summed E-state index contributed by atoms with van der Waals surface area (Å²) in [6.07, 6.45) is 2.08. The molecule has 2 nitrogen and oxygen atoms in total. The fourth-order valence-electron chi connectivity index (χ4n) is 0.852. The summed E-state index contributed by atoms with van der Waals surface area (Å²) in [7, 11) is 0. The molecule has 1 heterocycles. The highest BCUT2D eigenvalue weighted by Crippen LogP contribution is 2.16. The predicted octanol–water partition coefficient (Wildman–Crippen LogP) is 2.15. The van der Waals surface area contributed by atoms with Gasteiger partial charge in [0.1, 0.15) is 5.76 Å². The first-order chi connectivity index (χ1) is 4.75. The van der Waals surface area contributed by atoms with Crippen LogP contribution in [-0.2, 0) is 5.75 Å². The van der Waals surface area contributed by atoms with Gasteiger partial charge in [-0.15, -0.1) is 0 Å². The third-order valence-electron chi connectivity index (χ3n) is 1.47. The SMILES string of the molecule is CSCc1c(C)noc1C. The average Bonchev–Trinajstić information content (AvgIpc) is 2.20. The summed E-state index contributed by atoms with van der Waals surface area (Å²) in [6, 6.07) is 0. The van der Waals surface area contributed by atoms with Gasteiger partial charge in [-0.3, -0.25) is 0 Å². The molecule has 0 amide bonds. The van der Waals surface area contributed by atoms with E-state index >= 15 is 0 Å². The van der Waals surface area contributed by atoms with Crippen LogP contribution in [0.25, 0.3) is 0 Å². The molecule has 0 radical (unpaired) electrons. The van der Waals surface area contributed by atoms with Gasteiger partial charge in [-0.05, 0) is 20.1 Å². The smallest absolute Gasteiger partial charge is 0.137 e. The molecule has 1 aromatic rings. The summed E-state index contributed by atoms with van der Waals surface area (Å²) in [4.78, 5) is 0. The molecule has 0 bridgehead atoms. The van der Waals surface area contributed by atoms with Crippen LogP contribution in [0.2, 0.25) is 0 Å². The number of hydrogen-bond acceptors (Lipinski definition) is 3. The van der Waals surface area contributed by atoms with E-state index in [0.717, 1.165) is 17.2 Å². The highest BCUT2D eigenvalue weighted by molar-refractivity contribution is 7.97. The molecule has 1 rings (SSSR count). The lowest BCUT2D eigenvalue weighted by atomic mass is 10.2. The van der Waals surface area contributed by atoms with Gasteiger partial charge >= 0.3 is 0 Å². The zero-order valence-corrected chi connectivity index (χ0v) is 7.29. The summed E-state index contributed by atoms with van der Waals surface area (Å²) in [5, 5.41) is 3.85. The van der Waals surface area contributed by atoms with Crippen molar-refractivity contribution in [2.45, 2.75) is 19.6 Å². The van der Waals surface area contributed by atoms with Crippen LogP contribution in [0.3, 0.4) is 0 Å². The van der Waals surface area contributed by atoms with Crippen molar-refractivity contribution >= 4 is 11.8 Å². The lowest BCUT2D eigenvalue weighted by Gasteiger charge is -1.92. The molecule has 0 aliphatic carbocycles. The van der Waals surface area contributed by atoms with Crippen LogP contribution in [0.15, 0.2) is 4.52 Å². The molecule has 0 unspecified atom stereocenters. The van der Waals surface area contributed by atoms with Gasteiger partial charge in [-0.2, -0.15) is 11.8 Å². The molecule has 0 aliphatic heterocycles. The second kappa shape index (κ2) is 3.10. The quantitative estimate of drug-likeness (QED) is 0.658. The van der Waals surface area contributed by atoms with Crippen LogP contribution in [0, 0.1) is 13.8 Å². The van der Waals surface area contributed by atoms with Gasteiger partial charge in [0.2, 0.25) is 0 Å². The number of aryl methyl sites for hydroxylation is 2. The monoisotopic (exact) mass is 157 g/mol. The fourth-order valence-corrected chi connectivity index (χ4v) is 1.55. The van der Waals surface area contributed by atoms with Gasteiger partial charge in [0.25, 0.3) is 0 Å². The zero-order valence-electron chi connectivity index (χ0n) is 6.47. The summed E-state index contributed by atoms with van der Waals surface area (Å²) < 4.78 is 4.98. The Hall–Kier alpha value is -0.440. The van der Waals surface area contributed by atoms with E-state index in [1.165, 1.54) is 5.56 Å². The first-order valence-electron chi connectivity index (χ1n) is 3.16. The van der Waals surface area contributed by atoms with Crippen LogP contribution < -0.4 is 0 Å². The molecule has 0 saturated carbocycles. The Bertz CT molecular complexity index is 200. The van der Waals surface area contributed by atoms with Crippen LogP contribution in [0.1, 0.15) is 17.0 Å². The van der Waals surface area contributed by atoms with Gasteiger partial charge in [-0.25, -0.2) is 0 Å². The van der Waals surface area contributed by atoms with Crippen LogP contribution >= 0.6 is 11.8 Å². The van der Waals surface area contributed by atoms with Gasteiger partial charge in [0, 0.05) is 11.3 Å². The van der Waals surface area contributed by atoms with Crippen LogP contribution in [0.5, 0.6) is 0 Å². The molecule has 10 heavy (non-hydrogen) atoms. The van der Waals surface area contributed by atoms with Crippen LogP contribution in [-0.4, -0.2) is 11.4 Å². The number of rotatable bonds is 2. The molecule has 0 atom stereocenters.